The monoisotopic (exact) mass is 301 g/mol. The molecule has 0 bridgehead atoms. The molecule has 6 heteroatoms. The van der Waals surface area contributed by atoms with E-state index in [4.69, 9.17) is 22.1 Å². The first-order valence-electron chi connectivity index (χ1n) is 6.29. The molecule has 0 aliphatic carbocycles. The number of nitrogens with zero attached hydrogens (tertiary/aromatic N) is 1. The van der Waals surface area contributed by atoms with Crippen LogP contribution >= 0.6 is 11.6 Å². The van der Waals surface area contributed by atoms with Crippen LogP contribution in [0.3, 0.4) is 0 Å². The SMILES string of the molecule is Nc1ccc2[nH]nc(C(=O)OCc3ccccc3Cl)c2c1. The molecule has 0 spiro atoms. The molecule has 106 valence electrons. The molecule has 3 N–H and O–H groups in total. The highest BCUT2D eigenvalue weighted by Crippen LogP contribution is 2.21. The molecular weight excluding hydrogens is 290 g/mol. The third-order valence-corrected chi connectivity index (χ3v) is 3.47. The van der Waals surface area contributed by atoms with Gasteiger partial charge in [-0.25, -0.2) is 4.79 Å². The number of nitrogens with one attached hydrogen (secondary N) is 1. The Morgan fingerprint density at radius 1 is 1.29 bits per heavy atom. The molecule has 2 aromatic carbocycles. The van der Waals surface area contributed by atoms with Gasteiger partial charge in [0.25, 0.3) is 0 Å². The number of nitrogen functional groups attached to an aromatic ring is 1. The van der Waals surface area contributed by atoms with Crippen molar-refractivity contribution in [2.75, 3.05) is 5.73 Å². The van der Waals surface area contributed by atoms with Crippen LogP contribution in [-0.2, 0) is 11.3 Å². The van der Waals surface area contributed by atoms with Crippen LogP contribution in [0.5, 0.6) is 0 Å². The zero-order chi connectivity index (χ0) is 14.8. The van der Waals surface area contributed by atoms with Crippen molar-refractivity contribution in [3.63, 3.8) is 0 Å². The molecule has 3 rings (SSSR count). The van der Waals surface area contributed by atoms with Gasteiger partial charge in [0.2, 0.25) is 0 Å². The first-order chi connectivity index (χ1) is 10.1. The van der Waals surface area contributed by atoms with Crippen molar-refractivity contribution >= 4 is 34.2 Å². The van der Waals surface area contributed by atoms with Crippen LogP contribution in [0, 0.1) is 0 Å². The minimum absolute atomic E-state index is 0.0924. The summed E-state index contributed by atoms with van der Waals surface area (Å²) in [5.74, 6) is -0.522. The zero-order valence-electron chi connectivity index (χ0n) is 11.0. The van der Waals surface area contributed by atoms with Crippen LogP contribution in [0.15, 0.2) is 42.5 Å². The van der Waals surface area contributed by atoms with Crippen molar-refractivity contribution in [1.82, 2.24) is 10.2 Å². The number of H-pyrrole nitrogens is 1. The van der Waals surface area contributed by atoms with E-state index in [9.17, 15) is 4.79 Å². The number of esters is 1. The predicted octanol–water partition coefficient (Wildman–Crippen LogP) is 3.16. The lowest BCUT2D eigenvalue weighted by atomic mass is 10.2. The summed E-state index contributed by atoms with van der Waals surface area (Å²) in [5.41, 5.74) is 7.97. The van der Waals surface area contributed by atoms with Gasteiger partial charge in [-0.3, -0.25) is 5.10 Å². The molecule has 0 atom stereocenters. The van der Waals surface area contributed by atoms with Crippen LogP contribution in [0.25, 0.3) is 10.9 Å². The summed E-state index contributed by atoms with van der Waals surface area (Å²) in [6, 6.07) is 12.4. The van der Waals surface area contributed by atoms with Gasteiger partial charge < -0.3 is 10.5 Å². The summed E-state index contributed by atoms with van der Waals surface area (Å²) in [5, 5.41) is 7.95. The summed E-state index contributed by atoms with van der Waals surface area (Å²) in [7, 11) is 0. The van der Waals surface area contributed by atoms with E-state index in [1.165, 1.54) is 0 Å². The molecule has 0 aliphatic rings. The van der Waals surface area contributed by atoms with Gasteiger partial charge in [-0.15, -0.1) is 0 Å². The molecule has 0 aliphatic heterocycles. The Bertz CT molecular complexity index is 814. The fraction of sp³-hybridized carbons (Fsp3) is 0.0667. The number of carbonyl (C=O) groups is 1. The first-order valence-corrected chi connectivity index (χ1v) is 6.67. The van der Waals surface area contributed by atoms with Gasteiger partial charge in [0.1, 0.15) is 6.61 Å². The molecule has 3 aromatic rings. The van der Waals surface area contributed by atoms with Gasteiger partial charge in [-0.05, 0) is 24.3 Å². The maximum absolute atomic E-state index is 12.1. The van der Waals surface area contributed by atoms with Crippen LogP contribution in [0.2, 0.25) is 5.02 Å². The fourth-order valence-electron chi connectivity index (χ4n) is 2.01. The minimum Gasteiger partial charge on any atom is -0.456 e. The lowest BCUT2D eigenvalue weighted by Crippen LogP contribution is -2.06. The Morgan fingerprint density at radius 2 is 2.10 bits per heavy atom. The third-order valence-electron chi connectivity index (χ3n) is 3.10. The van der Waals surface area contributed by atoms with E-state index < -0.39 is 5.97 Å². The smallest absolute Gasteiger partial charge is 0.359 e. The molecular formula is C15H12ClN3O2. The summed E-state index contributed by atoms with van der Waals surface area (Å²) < 4.78 is 5.25. The van der Waals surface area contributed by atoms with Crippen molar-refractivity contribution in [2.45, 2.75) is 6.61 Å². The number of nitrogens with two attached hydrogens (primary N) is 1. The Balaban J connectivity index is 1.81. The largest absolute Gasteiger partial charge is 0.456 e. The number of ether oxygens (including phenoxy) is 1. The number of anilines is 1. The second-order valence-electron chi connectivity index (χ2n) is 4.54. The van der Waals surface area contributed by atoms with Gasteiger partial charge in [0, 0.05) is 21.7 Å². The molecule has 0 fully saturated rings. The first kappa shape index (κ1) is 13.5. The van der Waals surface area contributed by atoms with Crippen LogP contribution < -0.4 is 5.73 Å². The Labute approximate surface area is 125 Å². The van der Waals surface area contributed by atoms with E-state index in [2.05, 4.69) is 10.2 Å². The number of halogens is 1. The number of aromatic nitrogens is 2. The van der Waals surface area contributed by atoms with Crippen LogP contribution in [0.4, 0.5) is 5.69 Å². The standard InChI is InChI=1S/C15H12ClN3O2/c16-12-4-2-1-3-9(12)8-21-15(20)14-11-7-10(17)5-6-13(11)18-19-14/h1-7H,8,17H2,(H,18,19). The van der Waals surface area contributed by atoms with Gasteiger partial charge in [0.15, 0.2) is 5.69 Å². The Kier molecular flexibility index (Phi) is 3.50. The summed E-state index contributed by atoms with van der Waals surface area (Å²) in [6.07, 6.45) is 0. The van der Waals surface area contributed by atoms with Crippen molar-refractivity contribution in [3.8, 4) is 0 Å². The molecule has 0 unspecified atom stereocenters. The predicted molar refractivity (Wildman–Crippen MR) is 81.1 cm³/mol. The van der Waals surface area contributed by atoms with Crippen molar-refractivity contribution < 1.29 is 9.53 Å². The van der Waals surface area contributed by atoms with E-state index in [1.807, 2.05) is 12.1 Å². The summed E-state index contributed by atoms with van der Waals surface area (Å²) in [4.78, 5) is 12.1. The molecule has 1 aromatic heterocycles. The zero-order valence-corrected chi connectivity index (χ0v) is 11.7. The number of hydrogen-bond acceptors (Lipinski definition) is 4. The van der Waals surface area contributed by atoms with Gasteiger partial charge in [-0.1, -0.05) is 29.8 Å². The third kappa shape index (κ3) is 2.68. The van der Waals surface area contributed by atoms with E-state index in [0.29, 0.717) is 16.1 Å². The maximum atomic E-state index is 12.1. The van der Waals surface area contributed by atoms with Crippen molar-refractivity contribution in [3.05, 3.63) is 58.7 Å². The molecule has 0 radical (unpaired) electrons. The molecule has 0 amide bonds. The number of aromatic amines is 1. The van der Waals surface area contributed by atoms with E-state index in [0.717, 1.165) is 11.1 Å². The average Bonchev–Trinajstić information content (AvgIpc) is 2.89. The topological polar surface area (TPSA) is 81.0 Å². The average molecular weight is 302 g/mol. The van der Waals surface area contributed by atoms with Gasteiger partial charge in [0.05, 0.1) is 5.52 Å². The van der Waals surface area contributed by atoms with E-state index >= 15 is 0 Å². The van der Waals surface area contributed by atoms with Gasteiger partial charge in [-0.2, -0.15) is 5.10 Å². The van der Waals surface area contributed by atoms with Crippen molar-refractivity contribution in [2.24, 2.45) is 0 Å². The Hall–Kier alpha value is -2.53. The lowest BCUT2D eigenvalue weighted by molar-refractivity contribution is 0.0468. The second-order valence-corrected chi connectivity index (χ2v) is 4.95. The maximum Gasteiger partial charge on any atom is 0.359 e. The molecule has 0 saturated heterocycles. The minimum atomic E-state index is -0.522. The highest BCUT2D eigenvalue weighted by atomic mass is 35.5. The lowest BCUT2D eigenvalue weighted by Gasteiger charge is -2.05. The molecule has 1 heterocycles. The fourth-order valence-corrected chi connectivity index (χ4v) is 2.20. The van der Waals surface area contributed by atoms with Crippen molar-refractivity contribution in [1.29, 1.82) is 0 Å². The Morgan fingerprint density at radius 3 is 2.90 bits per heavy atom. The summed E-state index contributed by atoms with van der Waals surface area (Å²) in [6.45, 7) is 0.0924. The quantitative estimate of drug-likeness (QED) is 0.575. The number of benzene rings is 2. The number of fused-ring (bicyclic) bond motifs is 1. The number of rotatable bonds is 3. The number of carbonyl (C=O) groups excluding carboxylic acids is 1. The van der Waals surface area contributed by atoms with E-state index in [-0.39, 0.29) is 12.3 Å². The van der Waals surface area contributed by atoms with Crippen LogP contribution in [0.1, 0.15) is 16.1 Å². The highest BCUT2D eigenvalue weighted by Gasteiger charge is 2.16. The molecule has 0 saturated carbocycles. The molecule has 21 heavy (non-hydrogen) atoms. The molecule has 5 nitrogen and oxygen atoms in total. The number of hydrogen-bond donors (Lipinski definition) is 2. The van der Waals surface area contributed by atoms with E-state index in [1.54, 1.807) is 30.3 Å². The van der Waals surface area contributed by atoms with Crippen LogP contribution in [-0.4, -0.2) is 16.2 Å². The second kappa shape index (κ2) is 5.46. The normalized spacial score (nSPS) is 10.7. The highest BCUT2D eigenvalue weighted by molar-refractivity contribution is 6.31. The summed E-state index contributed by atoms with van der Waals surface area (Å²) >= 11 is 6.02. The van der Waals surface area contributed by atoms with Gasteiger partial charge >= 0.3 is 5.97 Å².